The van der Waals surface area contributed by atoms with Gasteiger partial charge >= 0.3 is 5.97 Å². The fraction of sp³-hybridized carbons (Fsp3) is 0.188. The zero-order valence-corrected chi connectivity index (χ0v) is 15.1. The monoisotopic (exact) mass is 397 g/mol. The second kappa shape index (κ2) is 8.69. The number of nitrogens with zero attached hydrogens (tertiary/aromatic N) is 1. The Morgan fingerprint density at radius 1 is 1.09 bits per heavy atom. The molecule has 0 amide bonds. The lowest BCUT2D eigenvalue weighted by Gasteiger charge is -2.05. The highest BCUT2D eigenvalue weighted by Gasteiger charge is 2.11. The lowest BCUT2D eigenvalue weighted by atomic mass is 10.1. The van der Waals surface area contributed by atoms with E-state index in [4.69, 9.17) is 4.74 Å². The first-order valence-corrected chi connectivity index (χ1v) is 8.76. The summed E-state index contributed by atoms with van der Waals surface area (Å²) < 4.78 is 5.20. The highest BCUT2D eigenvalue weighted by molar-refractivity contribution is 7.94. The number of ether oxygens (including phenoxy) is 1. The predicted octanol–water partition coefficient (Wildman–Crippen LogP) is 0.196. The fourth-order valence-corrected chi connectivity index (χ4v) is 2.73. The number of benzene rings is 2. The molecular weight excluding hydrogens is 382 g/mol. The molecule has 0 aromatic heterocycles. The third-order valence-corrected chi connectivity index (χ3v) is 3.81. The topological polar surface area (TPSA) is 69.4 Å². The number of esters is 1. The van der Waals surface area contributed by atoms with Crippen LogP contribution in [0.15, 0.2) is 48.5 Å². The van der Waals surface area contributed by atoms with Gasteiger partial charge in [0.2, 0.25) is 0 Å². The highest BCUT2D eigenvalue weighted by Crippen LogP contribution is 2.18. The smallest absolute Gasteiger partial charge is 0.343 e. The SMILES string of the molecule is C[S+](C)Cc1ccc(C(=O)Oc2ccc([N+](=O)[O-])cc2)cc1.[Br-]. The van der Waals surface area contributed by atoms with Crippen LogP contribution in [-0.4, -0.2) is 23.4 Å². The summed E-state index contributed by atoms with van der Waals surface area (Å²) in [6.45, 7) is 0. The summed E-state index contributed by atoms with van der Waals surface area (Å²) in [5.41, 5.74) is 1.59. The molecule has 2 aromatic rings. The van der Waals surface area contributed by atoms with E-state index in [1.807, 2.05) is 12.1 Å². The van der Waals surface area contributed by atoms with E-state index in [-0.39, 0.29) is 28.4 Å². The van der Waals surface area contributed by atoms with Crippen molar-refractivity contribution in [2.24, 2.45) is 0 Å². The lowest BCUT2D eigenvalue weighted by Crippen LogP contribution is -3.00. The Bertz CT molecular complexity index is 671. The lowest BCUT2D eigenvalue weighted by molar-refractivity contribution is -0.384. The summed E-state index contributed by atoms with van der Waals surface area (Å²) in [7, 11) is 0.307. The molecule has 122 valence electrons. The number of carbonyl (C=O) groups is 1. The standard InChI is InChI=1S/C16H16NO4S.BrH/c1-22(2)11-12-3-5-13(6-4-12)16(18)21-15-9-7-14(8-10-15)17(19)20;/h3-10H,11H2,1-2H3;1H/q+1;/p-1. The number of nitro groups is 1. The molecule has 0 aliphatic rings. The van der Waals surface area contributed by atoms with Crippen LogP contribution in [0, 0.1) is 10.1 Å². The zero-order valence-electron chi connectivity index (χ0n) is 12.7. The van der Waals surface area contributed by atoms with Gasteiger partial charge in [-0.1, -0.05) is 12.1 Å². The molecule has 5 nitrogen and oxygen atoms in total. The fourth-order valence-electron chi connectivity index (χ4n) is 1.87. The first-order valence-electron chi connectivity index (χ1n) is 6.55. The minimum absolute atomic E-state index is 0. The molecule has 0 bridgehead atoms. The van der Waals surface area contributed by atoms with Crippen LogP contribution in [0.1, 0.15) is 15.9 Å². The summed E-state index contributed by atoms with van der Waals surface area (Å²) in [6, 6.07) is 12.7. The van der Waals surface area contributed by atoms with Crippen molar-refractivity contribution in [3.05, 3.63) is 69.8 Å². The average Bonchev–Trinajstić information content (AvgIpc) is 2.48. The maximum atomic E-state index is 12.0. The predicted molar refractivity (Wildman–Crippen MR) is 87.4 cm³/mol. The van der Waals surface area contributed by atoms with Gasteiger partial charge < -0.3 is 21.7 Å². The van der Waals surface area contributed by atoms with Gasteiger partial charge in [-0.2, -0.15) is 0 Å². The van der Waals surface area contributed by atoms with Gasteiger partial charge in [0, 0.05) is 17.7 Å². The third-order valence-electron chi connectivity index (χ3n) is 2.90. The van der Waals surface area contributed by atoms with Crippen molar-refractivity contribution in [1.82, 2.24) is 0 Å². The molecule has 7 heteroatoms. The first kappa shape index (κ1) is 19.2. The number of hydrogen-bond acceptors (Lipinski definition) is 4. The van der Waals surface area contributed by atoms with Crippen LogP contribution in [0.2, 0.25) is 0 Å². The van der Waals surface area contributed by atoms with E-state index >= 15 is 0 Å². The Morgan fingerprint density at radius 2 is 1.65 bits per heavy atom. The number of nitro benzene ring substituents is 1. The number of hydrogen-bond donors (Lipinski definition) is 0. The molecule has 0 N–H and O–H groups in total. The Hall–Kier alpha value is -1.86. The molecule has 0 aliphatic carbocycles. The summed E-state index contributed by atoms with van der Waals surface area (Å²) >= 11 is 0. The van der Waals surface area contributed by atoms with Gasteiger partial charge in [0.1, 0.15) is 11.5 Å². The molecule has 0 fully saturated rings. The summed E-state index contributed by atoms with van der Waals surface area (Å²) in [6.07, 6.45) is 4.33. The van der Waals surface area contributed by atoms with Crippen LogP contribution < -0.4 is 21.7 Å². The number of rotatable bonds is 5. The summed E-state index contributed by atoms with van der Waals surface area (Å²) in [5, 5.41) is 10.6. The Balaban J connectivity index is 0.00000264. The number of non-ortho nitro benzene ring substituents is 1. The molecule has 0 spiro atoms. The van der Waals surface area contributed by atoms with Gasteiger partial charge in [-0.05, 0) is 35.2 Å². The van der Waals surface area contributed by atoms with Crippen molar-refractivity contribution in [2.75, 3.05) is 12.5 Å². The summed E-state index contributed by atoms with van der Waals surface area (Å²) in [4.78, 5) is 22.1. The van der Waals surface area contributed by atoms with E-state index in [9.17, 15) is 14.9 Å². The van der Waals surface area contributed by atoms with Crippen molar-refractivity contribution in [3.8, 4) is 5.75 Å². The van der Waals surface area contributed by atoms with E-state index in [0.29, 0.717) is 16.5 Å². The number of halogens is 1. The van der Waals surface area contributed by atoms with Crippen molar-refractivity contribution in [3.63, 3.8) is 0 Å². The number of carbonyl (C=O) groups excluding carboxylic acids is 1. The Labute approximate surface area is 147 Å². The molecule has 0 aliphatic heterocycles. The minimum Gasteiger partial charge on any atom is -1.00 e. The van der Waals surface area contributed by atoms with Gasteiger partial charge in [-0.15, -0.1) is 0 Å². The van der Waals surface area contributed by atoms with Gasteiger partial charge in [0.15, 0.2) is 0 Å². The molecule has 2 rings (SSSR count). The van der Waals surface area contributed by atoms with Gasteiger partial charge in [0.25, 0.3) is 5.69 Å². The Kier molecular flexibility index (Phi) is 7.25. The van der Waals surface area contributed by atoms with Crippen molar-refractivity contribution in [2.45, 2.75) is 5.75 Å². The molecule has 0 unspecified atom stereocenters. The van der Waals surface area contributed by atoms with Crippen LogP contribution in [0.4, 0.5) is 5.69 Å². The molecule has 2 aromatic carbocycles. The molecule has 0 atom stereocenters. The minimum atomic E-state index is -0.500. The highest BCUT2D eigenvalue weighted by atomic mass is 79.9. The molecule has 23 heavy (non-hydrogen) atoms. The molecule has 0 saturated carbocycles. The molecule has 0 heterocycles. The van der Waals surface area contributed by atoms with Crippen molar-refractivity contribution in [1.29, 1.82) is 0 Å². The zero-order chi connectivity index (χ0) is 16.1. The van der Waals surface area contributed by atoms with Crippen LogP contribution in [-0.2, 0) is 16.6 Å². The molecular formula is C16H16BrNO4S. The average molecular weight is 398 g/mol. The van der Waals surface area contributed by atoms with E-state index in [0.717, 1.165) is 5.75 Å². The van der Waals surface area contributed by atoms with Crippen LogP contribution in [0.25, 0.3) is 0 Å². The maximum Gasteiger partial charge on any atom is 0.343 e. The maximum absolute atomic E-state index is 12.0. The molecule has 0 radical (unpaired) electrons. The normalized spacial score (nSPS) is 10.0. The second-order valence-corrected chi connectivity index (χ2v) is 7.23. The quantitative estimate of drug-likeness (QED) is 0.237. The van der Waals surface area contributed by atoms with E-state index in [1.165, 1.54) is 29.8 Å². The van der Waals surface area contributed by atoms with Crippen LogP contribution >= 0.6 is 0 Å². The van der Waals surface area contributed by atoms with Gasteiger partial charge in [0.05, 0.1) is 23.0 Å². The van der Waals surface area contributed by atoms with Crippen molar-refractivity contribution < 1.29 is 31.4 Å². The Morgan fingerprint density at radius 3 is 2.13 bits per heavy atom. The van der Waals surface area contributed by atoms with E-state index in [2.05, 4.69) is 12.5 Å². The van der Waals surface area contributed by atoms with Crippen LogP contribution in [0.5, 0.6) is 5.75 Å². The summed E-state index contributed by atoms with van der Waals surface area (Å²) in [5.74, 6) is 0.785. The third kappa shape index (κ3) is 5.69. The van der Waals surface area contributed by atoms with Crippen molar-refractivity contribution >= 4 is 22.6 Å². The van der Waals surface area contributed by atoms with Gasteiger partial charge in [-0.3, -0.25) is 10.1 Å². The largest absolute Gasteiger partial charge is 1.00 e. The second-order valence-electron chi connectivity index (χ2n) is 4.97. The first-order chi connectivity index (χ1) is 10.5. The van der Waals surface area contributed by atoms with E-state index < -0.39 is 10.9 Å². The van der Waals surface area contributed by atoms with Gasteiger partial charge in [-0.25, -0.2) is 4.79 Å². The molecule has 0 saturated heterocycles. The van der Waals surface area contributed by atoms with Crippen LogP contribution in [0.3, 0.4) is 0 Å². The van der Waals surface area contributed by atoms with E-state index in [1.54, 1.807) is 12.1 Å².